The maximum atomic E-state index is 6.29. The van der Waals surface area contributed by atoms with Crippen molar-refractivity contribution in [2.75, 3.05) is 37.0 Å². The van der Waals surface area contributed by atoms with Crippen molar-refractivity contribution < 1.29 is 4.74 Å². The third-order valence-corrected chi connectivity index (χ3v) is 3.52. The minimum atomic E-state index is 0.395. The average molecular weight is 301 g/mol. The standard InChI is InChI=1S/C14H25ClN4O/c1-5-11(6-2)19(8-9-20-4)13-12(15)10-17-14(18-13)16-7-3/h10-11H,5-9H2,1-4H3,(H,16,17,18). The molecule has 0 atom stereocenters. The highest BCUT2D eigenvalue weighted by Crippen LogP contribution is 2.27. The number of anilines is 2. The second-order valence-corrected chi connectivity index (χ2v) is 4.96. The molecular weight excluding hydrogens is 276 g/mol. The molecule has 0 saturated heterocycles. The first kappa shape index (κ1) is 17.0. The summed E-state index contributed by atoms with van der Waals surface area (Å²) < 4.78 is 5.21. The van der Waals surface area contributed by atoms with E-state index in [9.17, 15) is 0 Å². The summed E-state index contributed by atoms with van der Waals surface area (Å²) in [5.74, 6) is 1.39. The number of aromatic nitrogens is 2. The van der Waals surface area contributed by atoms with E-state index in [1.165, 1.54) is 0 Å². The van der Waals surface area contributed by atoms with E-state index in [1.54, 1.807) is 13.3 Å². The normalized spacial score (nSPS) is 10.9. The molecule has 0 unspecified atom stereocenters. The fourth-order valence-electron chi connectivity index (χ4n) is 2.18. The van der Waals surface area contributed by atoms with Crippen molar-refractivity contribution >= 4 is 23.4 Å². The molecule has 0 aliphatic carbocycles. The number of halogens is 1. The second-order valence-electron chi connectivity index (χ2n) is 4.55. The maximum absolute atomic E-state index is 6.29. The lowest BCUT2D eigenvalue weighted by Gasteiger charge is -2.32. The summed E-state index contributed by atoms with van der Waals surface area (Å²) in [6, 6.07) is 0.395. The van der Waals surface area contributed by atoms with Gasteiger partial charge in [0.25, 0.3) is 0 Å². The van der Waals surface area contributed by atoms with Crippen molar-refractivity contribution in [2.45, 2.75) is 39.7 Å². The summed E-state index contributed by atoms with van der Waals surface area (Å²) in [5.41, 5.74) is 0. The van der Waals surface area contributed by atoms with Crippen LogP contribution < -0.4 is 10.2 Å². The molecule has 0 aliphatic rings. The molecule has 1 aromatic heterocycles. The van der Waals surface area contributed by atoms with Crippen LogP contribution in [0.15, 0.2) is 6.20 Å². The Morgan fingerprint density at radius 2 is 2.05 bits per heavy atom. The van der Waals surface area contributed by atoms with Crippen LogP contribution in [0.2, 0.25) is 5.02 Å². The van der Waals surface area contributed by atoms with E-state index in [4.69, 9.17) is 16.3 Å². The van der Waals surface area contributed by atoms with E-state index in [1.807, 2.05) is 6.92 Å². The first-order valence-electron chi connectivity index (χ1n) is 7.19. The number of hydrogen-bond donors (Lipinski definition) is 1. The topological polar surface area (TPSA) is 50.3 Å². The van der Waals surface area contributed by atoms with Crippen LogP contribution in [0.4, 0.5) is 11.8 Å². The second kappa shape index (κ2) is 8.97. The van der Waals surface area contributed by atoms with Crippen LogP contribution in [-0.4, -0.2) is 42.8 Å². The van der Waals surface area contributed by atoms with Crippen molar-refractivity contribution in [2.24, 2.45) is 0 Å². The van der Waals surface area contributed by atoms with E-state index in [0.717, 1.165) is 31.7 Å². The van der Waals surface area contributed by atoms with E-state index in [-0.39, 0.29) is 0 Å². The van der Waals surface area contributed by atoms with Crippen LogP contribution in [0.5, 0.6) is 0 Å². The molecule has 114 valence electrons. The van der Waals surface area contributed by atoms with E-state index in [0.29, 0.717) is 23.6 Å². The molecule has 0 radical (unpaired) electrons. The first-order valence-corrected chi connectivity index (χ1v) is 7.57. The molecule has 20 heavy (non-hydrogen) atoms. The lowest BCUT2D eigenvalue weighted by Crippen LogP contribution is -2.38. The Hall–Kier alpha value is -1.07. The highest BCUT2D eigenvalue weighted by molar-refractivity contribution is 6.32. The molecule has 0 amide bonds. The molecule has 6 heteroatoms. The molecule has 0 fully saturated rings. The molecule has 0 bridgehead atoms. The van der Waals surface area contributed by atoms with Crippen LogP contribution in [0, 0.1) is 0 Å². The maximum Gasteiger partial charge on any atom is 0.224 e. The van der Waals surface area contributed by atoms with Crippen LogP contribution >= 0.6 is 11.6 Å². The van der Waals surface area contributed by atoms with Crippen molar-refractivity contribution in [1.29, 1.82) is 0 Å². The van der Waals surface area contributed by atoms with Gasteiger partial charge in [0.15, 0.2) is 5.82 Å². The predicted molar refractivity (Wildman–Crippen MR) is 84.8 cm³/mol. The number of nitrogens with one attached hydrogen (secondary N) is 1. The van der Waals surface area contributed by atoms with Crippen molar-refractivity contribution in [1.82, 2.24) is 9.97 Å². The summed E-state index contributed by atoms with van der Waals surface area (Å²) in [5, 5.41) is 3.70. The summed E-state index contributed by atoms with van der Waals surface area (Å²) >= 11 is 6.29. The summed E-state index contributed by atoms with van der Waals surface area (Å²) in [6.07, 6.45) is 3.73. The summed E-state index contributed by atoms with van der Waals surface area (Å²) in [4.78, 5) is 11.0. The van der Waals surface area contributed by atoms with Crippen molar-refractivity contribution in [3.8, 4) is 0 Å². The molecule has 1 N–H and O–H groups in total. The van der Waals surface area contributed by atoms with E-state index < -0.39 is 0 Å². The van der Waals surface area contributed by atoms with Crippen molar-refractivity contribution in [3.63, 3.8) is 0 Å². The Kier molecular flexibility index (Phi) is 7.62. The van der Waals surface area contributed by atoms with Crippen LogP contribution in [-0.2, 0) is 4.74 Å². The molecule has 0 spiro atoms. The van der Waals surface area contributed by atoms with Gasteiger partial charge in [-0.05, 0) is 19.8 Å². The molecule has 1 heterocycles. The lowest BCUT2D eigenvalue weighted by molar-refractivity contribution is 0.202. The van der Waals surface area contributed by atoms with Crippen molar-refractivity contribution in [3.05, 3.63) is 11.2 Å². The zero-order chi connectivity index (χ0) is 15.0. The number of methoxy groups -OCH3 is 1. The molecule has 5 nitrogen and oxygen atoms in total. The zero-order valence-corrected chi connectivity index (χ0v) is 13.6. The molecule has 1 rings (SSSR count). The number of ether oxygens (including phenoxy) is 1. The van der Waals surface area contributed by atoms with Crippen LogP contribution in [0.3, 0.4) is 0 Å². The smallest absolute Gasteiger partial charge is 0.224 e. The average Bonchev–Trinajstić information content (AvgIpc) is 2.46. The summed E-state index contributed by atoms with van der Waals surface area (Å²) in [6.45, 7) is 8.56. The quantitative estimate of drug-likeness (QED) is 0.759. The third kappa shape index (κ3) is 4.49. The Morgan fingerprint density at radius 3 is 2.60 bits per heavy atom. The van der Waals surface area contributed by atoms with Gasteiger partial charge in [-0.1, -0.05) is 25.4 Å². The lowest BCUT2D eigenvalue weighted by atomic mass is 10.1. The van der Waals surface area contributed by atoms with Gasteiger partial charge < -0.3 is 15.0 Å². The fraction of sp³-hybridized carbons (Fsp3) is 0.714. The Morgan fingerprint density at radius 1 is 1.35 bits per heavy atom. The highest BCUT2D eigenvalue weighted by Gasteiger charge is 2.20. The Labute approximate surface area is 126 Å². The number of hydrogen-bond acceptors (Lipinski definition) is 5. The van der Waals surface area contributed by atoms with Gasteiger partial charge in [-0.15, -0.1) is 0 Å². The SMILES string of the molecule is CCNc1ncc(Cl)c(N(CCOC)C(CC)CC)n1. The minimum Gasteiger partial charge on any atom is -0.383 e. The summed E-state index contributed by atoms with van der Waals surface area (Å²) in [7, 11) is 1.71. The van der Waals surface area contributed by atoms with Gasteiger partial charge in [0.05, 0.1) is 12.8 Å². The zero-order valence-electron chi connectivity index (χ0n) is 12.8. The molecule has 0 aromatic carbocycles. The van der Waals surface area contributed by atoms with E-state index >= 15 is 0 Å². The largest absolute Gasteiger partial charge is 0.383 e. The number of rotatable bonds is 9. The van der Waals surface area contributed by atoms with Gasteiger partial charge in [-0.3, -0.25) is 0 Å². The van der Waals surface area contributed by atoms with E-state index in [2.05, 4.69) is 34.0 Å². The monoisotopic (exact) mass is 300 g/mol. The van der Waals surface area contributed by atoms with Gasteiger partial charge in [0.1, 0.15) is 5.02 Å². The third-order valence-electron chi connectivity index (χ3n) is 3.25. The van der Waals surface area contributed by atoms with Crippen LogP contribution in [0.1, 0.15) is 33.6 Å². The Bertz CT molecular complexity index is 399. The molecule has 1 aromatic rings. The highest BCUT2D eigenvalue weighted by atomic mass is 35.5. The minimum absolute atomic E-state index is 0.395. The van der Waals surface area contributed by atoms with Gasteiger partial charge in [0.2, 0.25) is 5.95 Å². The fourth-order valence-corrected chi connectivity index (χ4v) is 2.38. The Balaban J connectivity index is 3.07. The van der Waals surface area contributed by atoms with Gasteiger partial charge in [0, 0.05) is 26.2 Å². The van der Waals surface area contributed by atoms with Gasteiger partial charge in [-0.25, -0.2) is 4.98 Å². The predicted octanol–water partition coefficient (Wildman–Crippen LogP) is 3.20. The van der Waals surface area contributed by atoms with Crippen LogP contribution in [0.25, 0.3) is 0 Å². The first-order chi connectivity index (χ1) is 9.67. The number of nitrogens with zero attached hydrogens (tertiary/aromatic N) is 3. The van der Waals surface area contributed by atoms with Gasteiger partial charge >= 0.3 is 0 Å². The van der Waals surface area contributed by atoms with Gasteiger partial charge in [-0.2, -0.15) is 4.98 Å². The molecule has 0 aliphatic heterocycles. The molecule has 0 saturated carbocycles. The molecular formula is C14H25ClN4O.